The standard InChI is InChI=1S/C20H25N3O2S/c1-25-18-7-9-19(10-8-18)26-15-20(24)22-21-13-16-11-12-23(14-16)17-5-3-2-4-6-17/h7-14,17H,2-6,15H2,1H3,(H,22,24)/b21-13+. The number of nitrogens with zero attached hydrogens (tertiary/aromatic N) is 2. The number of ether oxygens (including phenoxy) is 1. The highest BCUT2D eigenvalue weighted by Gasteiger charge is 2.14. The van der Waals surface area contributed by atoms with Gasteiger partial charge in [-0.2, -0.15) is 5.10 Å². The van der Waals surface area contributed by atoms with Gasteiger partial charge in [-0.3, -0.25) is 4.79 Å². The van der Waals surface area contributed by atoms with Crippen molar-refractivity contribution in [3.63, 3.8) is 0 Å². The molecule has 1 aromatic heterocycles. The molecule has 1 amide bonds. The van der Waals surface area contributed by atoms with Gasteiger partial charge in [-0.05, 0) is 43.2 Å². The maximum atomic E-state index is 11.9. The molecule has 0 radical (unpaired) electrons. The quantitative estimate of drug-likeness (QED) is 0.450. The van der Waals surface area contributed by atoms with E-state index in [1.54, 1.807) is 13.3 Å². The van der Waals surface area contributed by atoms with E-state index in [-0.39, 0.29) is 5.91 Å². The van der Waals surface area contributed by atoms with E-state index >= 15 is 0 Å². The van der Waals surface area contributed by atoms with E-state index in [9.17, 15) is 4.79 Å². The Labute approximate surface area is 158 Å². The molecule has 1 N–H and O–H groups in total. The highest BCUT2D eigenvalue weighted by Crippen LogP contribution is 2.28. The fourth-order valence-electron chi connectivity index (χ4n) is 3.14. The summed E-state index contributed by atoms with van der Waals surface area (Å²) in [5.41, 5.74) is 3.60. The smallest absolute Gasteiger partial charge is 0.250 e. The SMILES string of the molecule is COc1ccc(SCC(=O)N/N=C/c2ccn(C3CCCCC3)c2)cc1. The van der Waals surface area contributed by atoms with Crippen molar-refractivity contribution in [1.29, 1.82) is 0 Å². The number of hydrogen-bond acceptors (Lipinski definition) is 4. The lowest BCUT2D eigenvalue weighted by Gasteiger charge is -2.23. The van der Waals surface area contributed by atoms with Gasteiger partial charge in [0.1, 0.15) is 5.75 Å². The number of hydrogen-bond donors (Lipinski definition) is 1. The van der Waals surface area contributed by atoms with E-state index < -0.39 is 0 Å². The lowest BCUT2D eigenvalue weighted by Crippen LogP contribution is -2.19. The number of hydrazone groups is 1. The molecule has 0 spiro atoms. The number of nitrogens with one attached hydrogen (secondary N) is 1. The molecular formula is C20H25N3O2S. The van der Waals surface area contributed by atoms with Crippen molar-refractivity contribution < 1.29 is 9.53 Å². The van der Waals surface area contributed by atoms with Crippen LogP contribution in [0.4, 0.5) is 0 Å². The molecule has 5 nitrogen and oxygen atoms in total. The number of aromatic nitrogens is 1. The van der Waals surface area contributed by atoms with Gasteiger partial charge < -0.3 is 9.30 Å². The third kappa shape index (κ3) is 5.39. The average Bonchev–Trinajstić information content (AvgIpc) is 3.16. The Balaban J connectivity index is 1.42. The Bertz CT molecular complexity index is 734. The van der Waals surface area contributed by atoms with Crippen LogP contribution in [0.15, 0.2) is 52.7 Å². The number of methoxy groups -OCH3 is 1. The summed E-state index contributed by atoms with van der Waals surface area (Å²) < 4.78 is 7.40. The monoisotopic (exact) mass is 371 g/mol. The topological polar surface area (TPSA) is 55.6 Å². The summed E-state index contributed by atoms with van der Waals surface area (Å²) in [5.74, 6) is 1.02. The highest BCUT2D eigenvalue weighted by molar-refractivity contribution is 8.00. The Morgan fingerprint density at radius 3 is 2.77 bits per heavy atom. The Kier molecular flexibility index (Phi) is 6.77. The molecule has 0 saturated heterocycles. The minimum atomic E-state index is -0.117. The normalized spacial score (nSPS) is 15.3. The van der Waals surface area contributed by atoms with Crippen molar-refractivity contribution in [2.75, 3.05) is 12.9 Å². The van der Waals surface area contributed by atoms with Gasteiger partial charge in [0.25, 0.3) is 0 Å². The van der Waals surface area contributed by atoms with Crippen LogP contribution >= 0.6 is 11.8 Å². The van der Waals surface area contributed by atoms with E-state index in [0.717, 1.165) is 16.2 Å². The zero-order valence-corrected chi connectivity index (χ0v) is 15.9. The minimum absolute atomic E-state index is 0.117. The first-order valence-electron chi connectivity index (χ1n) is 9.01. The number of thioether (sulfide) groups is 1. The third-order valence-corrected chi connectivity index (χ3v) is 5.58. The van der Waals surface area contributed by atoms with E-state index in [1.165, 1.54) is 43.9 Å². The summed E-state index contributed by atoms with van der Waals surface area (Å²) in [5, 5.41) is 4.07. The second kappa shape index (κ2) is 9.48. The molecule has 1 heterocycles. The van der Waals surface area contributed by atoms with Crippen LogP contribution in [0.1, 0.15) is 43.7 Å². The van der Waals surface area contributed by atoms with Crippen LogP contribution in [0.5, 0.6) is 5.75 Å². The zero-order valence-electron chi connectivity index (χ0n) is 15.1. The van der Waals surface area contributed by atoms with Crippen molar-refractivity contribution in [2.24, 2.45) is 5.10 Å². The molecule has 0 bridgehead atoms. The van der Waals surface area contributed by atoms with Crippen LogP contribution < -0.4 is 10.2 Å². The first kappa shape index (κ1) is 18.6. The molecule has 0 unspecified atom stereocenters. The van der Waals surface area contributed by atoms with Crippen molar-refractivity contribution in [3.05, 3.63) is 48.3 Å². The second-order valence-electron chi connectivity index (χ2n) is 6.44. The molecule has 138 valence electrons. The maximum absolute atomic E-state index is 11.9. The van der Waals surface area contributed by atoms with Crippen molar-refractivity contribution in [2.45, 2.75) is 43.0 Å². The average molecular weight is 372 g/mol. The van der Waals surface area contributed by atoms with Crippen LogP contribution in [-0.2, 0) is 4.79 Å². The molecule has 1 fully saturated rings. The molecule has 1 aliphatic carbocycles. The Morgan fingerprint density at radius 1 is 1.27 bits per heavy atom. The van der Waals surface area contributed by atoms with Gasteiger partial charge in [0, 0.05) is 28.9 Å². The zero-order chi connectivity index (χ0) is 18.2. The summed E-state index contributed by atoms with van der Waals surface area (Å²) >= 11 is 1.47. The minimum Gasteiger partial charge on any atom is -0.497 e. The van der Waals surface area contributed by atoms with Crippen LogP contribution in [0.25, 0.3) is 0 Å². The summed E-state index contributed by atoms with van der Waals surface area (Å²) in [4.78, 5) is 12.9. The number of amides is 1. The molecule has 1 aromatic carbocycles. The van der Waals surface area contributed by atoms with E-state index in [1.807, 2.05) is 30.3 Å². The van der Waals surface area contributed by atoms with Crippen LogP contribution in [0.3, 0.4) is 0 Å². The number of benzene rings is 1. The van der Waals surface area contributed by atoms with Crippen molar-refractivity contribution >= 4 is 23.9 Å². The predicted octanol–water partition coefficient (Wildman–Crippen LogP) is 4.24. The Hall–Kier alpha value is -2.21. The predicted molar refractivity (Wildman–Crippen MR) is 106 cm³/mol. The van der Waals surface area contributed by atoms with Crippen molar-refractivity contribution in [1.82, 2.24) is 9.99 Å². The van der Waals surface area contributed by atoms with Gasteiger partial charge in [-0.25, -0.2) is 5.43 Å². The Morgan fingerprint density at radius 2 is 2.04 bits per heavy atom. The fraction of sp³-hybridized carbons (Fsp3) is 0.400. The van der Waals surface area contributed by atoms with E-state index in [0.29, 0.717) is 11.8 Å². The van der Waals surface area contributed by atoms with Gasteiger partial charge in [0.15, 0.2) is 0 Å². The number of carbonyl (C=O) groups excluding carboxylic acids is 1. The summed E-state index contributed by atoms with van der Waals surface area (Å²) in [6.07, 6.45) is 12.4. The van der Waals surface area contributed by atoms with Gasteiger partial charge >= 0.3 is 0 Å². The van der Waals surface area contributed by atoms with Crippen molar-refractivity contribution in [3.8, 4) is 5.75 Å². The fourth-order valence-corrected chi connectivity index (χ4v) is 3.84. The second-order valence-corrected chi connectivity index (χ2v) is 7.49. The lowest BCUT2D eigenvalue weighted by atomic mass is 9.95. The summed E-state index contributed by atoms with van der Waals surface area (Å²) in [7, 11) is 1.64. The van der Waals surface area contributed by atoms with Crippen LogP contribution in [-0.4, -0.2) is 29.6 Å². The maximum Gasteiger partial charge on any atom is 0.250 e. The molecule has 0 aliphatic heterocycles. The largest absolute Gasteiger partial charge is 0.497 e. The summed E-state index contributed by atoms with van der Waals surface area (Å²) in [6, 6.07) is 10.3. The van der Waals surface area contributed by atoms with Crippen LogP contribution in [0.2, 0.25) is 0 Å². The number of carbonyl (C=O) groups is 1. The molecule has 1 saturated carbocycles. The molecule has 6 heteroatoms. The van der Waals surface area contributed by atoms with Gasteiger partial charge in [-0.1, -0.05) is 19.3 Å². The number of rotatable bonds is 7. The molecule has 1 aliphatic rings. The molecule has 0 atom stereocenters. The molecule has 3 rings (SSSR count). The molecule has 26 heavy (non-hydrogen) atoms. The molecular weight excluding hydrogens is 346 g/mol. The van der Waals surface area contributed by atoms with Gasteiger partial charge in [0.2, 0.25) is 5.91 Å². The first-order chi connectivity index (χ1) is 12.7. The highest BCUT2D eigenvalue weighted by atomic mass is 32.2. The van der Waals surface area contributed by atoms with Gasteiger partial charge in [0.05, 0.1) is 19.1 Å². The third-order valence-electron chi connectivity index (χ3n) is 4.57. The van der Waals surface area contributed by atoms with Gasteiger partial charge in [-0.15, -0.1) is 11.8 Å². The summed E-state index contributed by atoms with van der Waals surface area (Å²) in [6.45, 7) is 0. The van der Waals surface area contributed by atoms with Crippen LogP contribution in [0, 0.1) is 0 Å². The van der Waals surface area contributed by atoms with E-state index in [2.05, 4.69) is 27.5 Å². The first-order valence-corrected chi connectivity index (χ1v) is 9.99. The lowest BCUT2D eigenvalue weighted by molar-refractivity contribution is -0.118. The van der Waals surface area contributed by atoms with E-state index in [4.69, 9.17) is 4.74 Å². The molecule has 2 aromatic rings.